The average molecular weight is 410 g/mol. The van der Waals surface area contributed by atoms with Crippen molar-refractivity contribution in [3.05, 3.63) is 24.0 Å². The predicted molar refractivity (Wildman–Crippen MR) is 117 cm³/mol. The summed E-state index contributed by atoms with van der Waals surface area (Å²) in [6, 6.07) is 3.93. The Morgan fingerprint density at radius 1 is 1.00 bits per heavy atom. The van der Waals surface area contributed by atoms with Gasteiger partial charge in [0.05, 0.1) is 18.0 Å². The number of rotatable bonds is 6. The molecule has 0 N–H and O–H groups in total. The Morgan fingerprint density at radius 3 is 2.40 bits per heavy atom. The SMILES string of the molecule is Cc1nn(C)cc1-c1ccc(OCC2C[C@@H]3CN(CC4CCCCC4)C[C@@H]3C2)nn1. The smallest absolute Gasteiger partial charge is 0.233 e. The lowest BCUT2D eigenvalue weighted by Gasteiger charge is -2.27. The van der Waals surface area contributed by atoms with Crippen LogP contribution in [0.2, 0.25) is 0 Å². The van der Waals surface area contributed by atoms with Crippen molar-refractivity contribution in [3.63, 3.8) is 0 Å². The highest BCUT2D eigenvalue weighted by Crippen LogP contribution is 2.42. The third-order valence-electron chi connectivity index (χ3n) is 7.56. The van der Waals surface area contributed by atoms with Gasteiger partial charge in [-0.15, -0.1) is 10.2 Å². The Balaban J connectivity index is 1.08. The molecule has 0 amide bonds. The van der Waals surface area contributed by atoms with Crippen molar-refractivity contribution in [2.24, 2.45) is 30.7 Å². The summed E-state index contributed by atoms with van der Waals surface area (Å²) in [5.41, 5.74) is 2.84. The molecule has 1 aliphatic heterocycles. The second-order valence-electron chi connectivity index (χ2n) is 9.95. The van der Waals surface area contributed by atoms with Gasteiger partial charge in [0, 0.05) is 44.5 Å². The number of aromatic nitrogens is 4. The van der Waals surface area contributed by atoms with E-state index in [-0.39, 0.29) is 0 Å². The Bertz CT molecular complexity index is 828. The van der Waals surface area contributed by atoms with Crippen LogP contribution < -0.4 is 4.74 Å². The first-order valence-corrected chi connectivity index (χ1v) is 11.8. The second-order valence-corrected chi connectivity index (χ2v) is 9.95. The minimum Gasteiger partial charge on any atom is -0.476 e. The van der Waals surface area contributed by atoms with E-state index < -0.39 is 0 Å². The molecule has 1 unspecified atom stereocenters. The van der Waals surface area contributed by atoms with Gasteiger partial charge in [-0.2, -0.15) is 5.10 Å². The zero-order chi connectivity index (χ0) is 20.5. The lowest BCUT2D eigenvalue weighted by Crippen LogP contribution is -2.30. The van der Waals surface area contributed by atoms with Gasteiger partial charge in [0.25, 0.3) is 0 Å². The highest BCUT2D eigenvalue weighted by Gasteiger charge is 2.41. The summed E-state index contributed by atoms with van der Waals surface area (Å²) in [5.74, 6) is 4.03. The van der Waals surface area contributed by atoms with Crippen molar-refractivity contribution in [1.29, 1.82) is 0 Å². The summed E-state index contributed by atoms with van der Waals surface area (Å²) in [6.07, 6.45) is 11.9. The average Bonchev–Trinajstić information content (AvgIpc) is 3.40. The molecule has 162 valence electrons. The van der Waals surface area contributed by atoms with Crippen LogP contribution in [0.5, 0.6) is 5.88 Å². The molecule has 6 nitrogen and oxygen atoms in total. The molecule has 3 fully saturated rings. The van der Waals surface area contributed by atoms with E-state index in [0.29, 0.717) is 11.8 Å². The van der Waals surface area contributed by atoms with E-state index in [0.717, 1.165) is 41.3 Å². The number of hydrogen-bond donors (Lipinski definition) is 0. The van der Waals surface area contributed by atoms with Crippen molar-refractivity contribution in [2.75, 3.05) is 26.2 Å². The van der Waals surface area contributed by atoms with E-state index in [9.17, 15) is 0 Å². The first-order chi connectivity index (χ1) is 14.6. The topological polar surface area (TPSA) is 56.1 Å². The van der Waals surface area contributed by atoms with E-state index in [1.54, 1.807) is 0 Å². The van der Waals surface area contributed by atoms with Crippen molar-refractivity contribution in [3.8, 4) is 17.1 Å². The number of ether oxygens (including phenoxy) is 1. The molecule has 30 heavy (non-hydrogen) atoms. The van der Waals surface area contributed by atoms with E-state index in [4.69, 9.17) is 4.74 Å². The minimum atomic E-state index is 0.635. The molecule has 2 aliphatic carbocycles. The fourth-order valence-electron chi connectivity index (χ4n) is 6.14. The van der Waals surface area contributed by atoms with Crippen LogP contribution in [0.1, 0.15) is 50.6 Å². The van der Waals surface area contributed by atoms with Crippen molar-refractivity contribution < 1.29 is 4.74 Å². The molecular weight excluding hydrogens is 374 g/mol. The zero-order valence-electron chi connectivity index (χ0n) is 18.5. The molecule has 0 radical (unpaired) electrons. The largest absolute Gasteiger partial charge is 0.476 e. The van der Waals surface area contributed by atoms with Gasteiger partial charge < -0.3 is 9.64 Å². The summed E-state index contributed by atoms with van der Waals surface area (Å²) in [5, 5.41) is 13.0. The lowest BCUT2D eigenvalue weighted by molar-refractivity contribution is 0.199. The highest BCUT2D eigenvalue weighted by molar-refractivity contribution is 5.60. The Morgan fingerprint density at radius 2 is 1.77 bits per heavy atom. The Labute approximate surface area is 180 Å². The molecule has 3 aliphatic rings. The third-order valence-corrected chi connectivity index (χ3v) is 7.56. The maximum Gasteiger partial charge on any atom is 0.233 e. The number of hydrogen-bond acceptors (Lipinski definition) is 5. The number of fused-ring (bicyclic) bond motifs is 1. The van der Waals surface area contributed by atoms with Crippen LogP contribution in [-0.4, -0.2) is 51.1 Å². The maximum absolute atomic E-state index is 6.02. The normalized spacial score (nSPS) is 27.5. The molecule has 2 aromatic rings. The van der Waals surface area contributed by atoms with Crippen LogP contribution in [0.15, 0.2) is 18.3 Å². The van der Waals surface area contributed by atoms with Crippen molar-refractivity contribution in [2.45, 2.75) is 51.9 Å². The second kappa shape index (κ2) is 8.66. The summed E-state index contributed by atoms with van der Waals surface area (Å²) in [7, 11) is 1.92. The van der Waals surface area contributed by atoms with Gasteiger partial charge in [-0.3, -0.25) is 4.68 Å². The van der Waals surface area contributed by atoms with Crippen LogP contribution in [0.4, 0.5) is 0 Å². The van der Waals surface area contributed by atoms with Crippen molar-refractivity contribution >= 4 is 0 Å². The molecule has 2 aromatic heterocycles. The first kappa shape index (κ1) is 20.0. The molecule has 1 saturated heterocycles. The molecule has 5 rings (SSSR count). The van der Waals surface area contributed by atoms with Gasteiger partial charge >= 0.3 is 0 Å². The molecule has 0 aromatic carbocycles. The maximum atomic E-state index is 6.02. The van der Waals surface area contributed by atoms with Crippen LogP contribution in [-0.2, 0) is 7.05 Å². The first-order valence-electron chi connectivity index (χ1n) is 11.8. The van der Waals surface area contributed by atoms with Crippen molar-refractivity contribution in [1.82, 2.24) is 24.9 Å². The zero-order valence-corrected chi connectivity index (χ0v) is 18.5. The molecule has 0 bridgehead atoms. The van der Waals surface area contributed by atoms with Crippen LogP contribution >= 0.6 is 0 Å². The molecular formula is C24H35N5O. The summed E-state index contributed by atoms with van der Waals surface area (Å²) < 4.78 is 7.83. The fourth-order valence-corrected chi connectivity index (χ4v) is 6.14. The molecule has 3 atom stereocenters. The van der Waals surface area contributed by atoms with Crippen LogP contribution in [0, 0.1) is 30.6 Å². The fraction of sp³-hybridized carbons (Fsp3) is 0.708. The lowest BCUT2D eigenvalue weighted by atomic mass is 9.89. The van der Waals surface area contributed by atoms with Gasteiger partial charge in [-0.05, 0) is 62.3 Å². The summed E-state index contributed by atoms with van der Waals surface area (Å²) in [4.78, 5) is 2.77. The van der Waals surface area contributed by atoms with E-state index in [2.05, 4.69) is 20.2 Å². The molecule has 3 heterocycles. The molecule has 2 saturated carbocycles. The molecule has 0 spiro atoms. The summed E-state index contributed by atoms with van der Waals surface area (Å²) >= 11 is 0. The minimum absolute atomic E-state index is 0.635. The van der Waals surface area contributed by atoms with Crippen LogP contribution in [0.25, 0.3) is 11.3 Å². The number of nitrogens with zero attached hydrogens (tertiary/aromatic N) is 5. The van der Waals surface area contributed by atoms with Gasteiger partial charge in [0.1, 0.15) is 0 Å². The van der Waals surface area contributed by atoms with E-state index in [1.807, 2.05) is 37.0 Å². The van der Waals surface area contributed by atoms with Crippen LogP contribution in [0.3, 0.4) is 0 Å². The Kier molecular flexibility index (Phi) is 5.77. The van der Waals surface area contributed by atoms with Gasteiger partial charge in [-0.1, -0.05) is 19.3 Å². The van der Waals surface area contributed by atoms with E-state index >= 15 is 0 Å². The van der Waals surface area contributed by atoms with Gasteiger partial charge in [-0.25, -0.2) is 0 Å². The summed E-state index contributed by atoms with van der Waals surface area (Å²) in [6.45, 7) is 6.75. The van der Waals surface area contributed by atoms with Gasteiger partial charge in [0.2, 0.25) is 5.88 Å². The third kappa shape index (κ3) is 4.39. The van der Waals surface area contributed by atoms with E-state index in [1.165, 1.54) is 64.6 Å². The monoisotopic (exact) mass is 409 g/mol. The Hall–Kier alpha value is -1.95. The molecule has 6 heteroatoms. The standard InChI is InChI=1S/C24H35N5O/c1-17-22(15-28(2)27-17)23-8-9-24(26-25-23)30-16-19-10-20-13-29(14-21(20)11-19)12-18-6-4-3-5-7-18/h8-9,15,18-21H,3-7,10-14,16H2,1-2H3/t19?,20-,21+. The number of aryl methyl sites for hydroxylation is 2. The van der Waals surface area contributed by atoms with Gasteiger partial charge in [0.15, 0.2) is 0 Å². The number of likely N-dealkylation sites (tertiary alicyclic amines) is 1. The predicted octanol–water partition coefficient (Wildman–Crippen LogP) is 4.10. The quantitative estimate of drug-likeness (QED) is 0.719. The highest BCUT2D eigenvalue weighted by atomic mass is 16.5.